The van der Waals surface area contributed by atoms with E-state index < -0.39 is 6.10 Å². The minimum absolute atomic E-state index is 0.0639. The lowest BCUT2D eigenvalue weighted by molar-refractivity contribution is -0.167. The lowest BCUT2D eigenvalue weighted by Crippen LogP contribution is -2.30. The number of unbranched alkanes of at least 4 members (excludes halogenated alkanes) is 59. The molecule has 0 saturated heterocycles. The minimum atomic E-state index is -0.767. The van der Waals surface area contributed by atoms with E-state index in [-0.39, 0.29) is 31.1 Å². The summed E-state index contributed by atoms with van der Waals surface area (Å²) in [5.41, 5.74) is 0. The summed E-state index contributed by atoms with van der Waals surface area (Å²) < 4.78 is 17.0. The lowest BCUT2D eigenvalue weighted by atomic mass is 10.0. The molecular weight excluding hydrogens is 1020 g/mol. The Morgan fingerprint density at radius 3 is 0.602 bits per heavy atom. The van der Waals surface area contributed by atoms with Gasteiger partial charge >= 0.3 is 17.9 Å². The van der Waals surface area contributed by atoms with Crippen molar-refractivity contribution in [2.75, 3.05) is 13.2 Å². The average molecular weight is 1170 g/mol. The van der Waals surface area contributed by atoms with E-state index >= 15 is 0 Å². The highest BCUT2D eigenvalue weighted by atomic mass is 16.6. The van der Waals surface area contributed by atoms with Crippen LogP contribution in [0.1, 0.15) is 445 Å². The molecule has 0 aromatic heterocycles. The number of carbonyl (C=O) groups excluding carboxylic acids is 3. The summed E-state index contributed by atoms with van der Waals surface area (Å²) in [6, 6.07) is 0. The molecule has 0 aromatic carbocycles. The highest BCUT2D eigenvalue weighted by molar-refractivity contribution is 5.71. The molecule has 6 nitrogen and oxygen atoms in total. The van der Waals surface area contributed by atoms with Crippen LogP contribution in [0.25, 0.3) is 0 Å². The smallest absolute Gasteiger partial charge is 0.306 e. The van der Waals surface area contributed by atoms with Crippen molar-refractivity contribution >= 4 is 17.9 Å². The first-order valence-corrected chi connectivity index (χ1v) is 38.2. The number of allylic oxidation sites excluding steroid dienone is 2. The number of hydrogen-bond acceptors (Lipinski definition) is 6. The van der Waals surface area contributed by atoms with E-state index in [1.807, 2.05) is 0 Å². The zero-order valence-electron chi connectivity index (χ0n) is 56.8. The van der Waals surface area contributed by atoms with Crippen molar-refractivity contribution in [2.24, 2.45) is 0 Å². The number of ether oxygens (including phenoxy) is 3. The highest BCUT2D eigenvalue weighted by Gasteiger charge is 2.20. The number of hydrogen-bond donors (Lipinski definition) is 0. The van der Waals surface area contributed by atoms with Crippen LogP contribution in [0.4, 0.5) is 0 Å². The van der Waals surface area contributed by atoms with Crippen molar-refractivity contribution in [3.05, 3.63) is 12.2 Å². The van der Waals surface area contributed by atoms with Crippen LogP contribution in [-0.4, -0.2) is 37.2 Å². The Morgan fingerprint density at radius 1 is 0.229 bits per heavy atom. The summed E-state index contributed by atoms with van der Waals surface area (Å²) in [4.78, 5) is 38.4. The first-order valence-electron chi connectivity index (χ1n) is 38.2. The van der Waals surface area contributed by atoms with Gasteiger partial charge in [0.25, 0.3) is 0 Å². The molecule has 0 rings (SSSR count). The Morgan fingerprint density at radius 2 is 0.398 bits per heavy atom. The minimum Gasteiger partial charge on any atom is -0.462 e. The van der Waals surface area contributed by atoms with E-state index in [2.05, 4.69) is 32.9 Å². The van der Waals surface area contributed by atoms with Crippen molar-refractivity contribution in [3.8, 4) is 0 Å². The molecule has 0 fully saturated rings. The van der Waals surface area contributed by atoms with Gasteiger partial charge in [-0.15, -0.1) is 0 Å². The first kappa shape index (κ1) is 81.2. The molecular formula is C77H148O6. The second kappa shape index (κ2) is 72.6. The third-order valence-electron chi connectivity index (χ3n) is 17.8. The van der Waals surface area contributed by atoms with Gasteiger partial charge in [0, 0.05) is 19.3 Å². The molecule has 0 aliphatic carbocycles. The van der Waals surface area contributed by atoms with Crippen LogP contribution in [0.5, 0.6) is 0 Å². The van der Waals surface area contributed by atoms with Gasteiger partial charge in [-0.25, -0.2) is 0 Å². The summed E-state index contributed by atoms with van der Waals surface area (Å²) in [6.07, 6.45) is 88.5. The molecule has 6 heteroatoms. The van der Waals surface area contributed by atoms with Crippen LogP contribution in [-0.2, 0) is 28.6 Å². The van der Waals surface area contributed by atoms with E-state index in [9.17, 15) is 14.4 Å². The van der Waals surface area contributed by atoms with Crippen molar-refractivity contribution in [2.45, 2.75) is 451 Å². The van der Waals surface area contributed by atoms with Crippen molar-refractivity contribution in [1.29, 1.82) is 0 Å². The Kier molecular flexibility index (Phi) is 71.0. The molecule has 0 N–H and O–H groups in total. The molecule has 0 aromatic rings. The van der Waals surface area contributed by atoms with Crippen LogP contribution < -0.4 is 0 Å². The van der Waals surface area contributed by atoms with Gasteiger partial charge in [-0.05, 0) is 44.9 Å². The fourth-order valence-electron chi connectivity index (χ4n) is 12.0. The van der Waals surface area contributed by atoms with Crippen molar-refractivity contribution in [1.82, 2.24) is 0 Å². The van der Waals surface area contributed by atoms with E-state index in [1.54, 1.807) is 0 Å². The van der Waals surface area contributed by atoms with Crippen LogP contribution in [0.2, 0.25) is 0 Å². The second-order valence-corrected chi connectivity index (χ2v) is 26.3. The van der Waals surface area contributed by atoms with Crippen LogP contribution in [0, 0.1) is 0 Å². The van der Waals surface area contributed by atoms with Gasteiger partial charge in [0.15, 0.2) is 6.10 Å². The highest BCUT2D eigenvalue weighted by Crippen LogP contribution is 2.20. The molecule has 0 spiro atoms. The largest absolute Gasteiger partial charge is 0.462 e. The molecule has 0 heterocycles. The number of rotatable bonds is 72. The molecule has 0 bridgehead atoms. The monoisotopic (exact) mass is 1170 g/mol. The van der Waals surface area contributed by atoms with E-state index in [0.29, 0.717) is 19.3 Å². The van der Waals surface area contributed by atoms with Crippen LogP contribution in [0.15, 0.2) is 12.2 Å². The molecule has 0 radical (unpaired) electrons. The zero-order chi connectivity index (χ0) is 59.9. The summed E-state index contributed by atoms with van der Waals surface area (Å²) in [5, 5.41) is 0. The lowest BCUT2D eigenvalue weighted by Gasteiger charge is -2.18. The molecule has 1 atom stereocenters. The van der Waals surface area contributed by atoms with Crippen molar-refractivity contribution in [3.63, 3.8) is 0 Å². The van der Waals surface area contributed by atoms with Gasteiger partial charge in [0.1, 0.15) is 13.2 Å². The van der Waals surface area contributed by atoms with Gasteiger partial charge in [-0.2, -0.15) is 0 Å². The Bertz CT molecular complexity index is 1300. The SMILES string of the molecule is CCCCCCCC/C=C\CCCCCCCCCCCC(=O)OC(COC(=O)CCCCCCCCCCCCCC)COC(=O)CCCCCCCCCCCCCCCCCCCCCCCCCCCCCCCCCCCC. The second-order valence-electron chi connectivity index (χ2n) is 26.3. The Labute approximate surface area is 520 Å². The Hall–Kier alpha value is -1.85. The molecule has 0 saturated carbocycles. The predicted molar refractivity (Wildman–Crippen MR) is 363 cm³/mol. The normalized spacial score (nSPS) is 12.0. The third kappa shape index (κ3) is 70.8. The topological polar surface area (TPSA) is 78.9 Å². The molecule has 1 unspecified atom stereocenters. The maximum atomic E-state index is 12.9. The van der Waals surface area contributed by atoms with E-state index in [0.717, 1.165) is 57.8 Å². The maximum absolute atomic E-state index is 12.9. The molecule has 83 heavy (non-hydrogen) atoms. The summed E-state index contributed by atoms with van der Waals surface area (Å²) >= 11 is 0. The van der Waals surface area contributed by atoms with E-state index in [1.165, 1.54) is 347 Å². The van der Waals surface area contributed by atoms with Gasteiger partial charge in [-0.1, -0.05) is 392 Å². The fourth-order valence-corrected chi connectivity index (χ4v) is 12.0. The van der Waals surface area contributed by atoms with Crippen LogP contribution >= 0.6 is 0 Å². The van der Waals surface area contributed by atoms with Gasteiger partial charge in [0.2, 0.25) is 0 Å². The summed E-state index contributed by atoms with van der Waals surface area (Å²) in [5.74, 6) is -0.831. The number of esters is 3. The predicted octanol–water partition coefficient (Wildman–Crippen LogP) is 26.3. The Balaban J connectivity index is 4.05. The standard InChI is InChI=1S/C77H148O6/c1-4-7-10-13-16-19-22-25-27-29-31-32-33-34-35-36-37-38-39-40-41-42-43-44-45-47-48-50-52-55-58-61-64-67-70-76(79)82-73-74(72-81-75(78)69-66-63-60-57-54-24-21-18-15-12-9-6-3)83-77(80)71-68-65-62-59-56-53-51-49-46-30-28-26-23-20-17-14-11-8-5-2/h26,28,74H,4-25,27,29-73H2,1-3H3/b28-26-. The van der Waals surface area contributed by atoms with E-state index in [4.69, 9.17) is 14.2 Å². The third-order valence-corrected chi connectivity index (χ3v) is 17.8. The number of carbonyl (C=O) groups is 3. The first-order chi connectivity index (χ1) is 41.0. The summed E-state index contributed by atoms with van der Waals surface area (Å²) in [7, 11) is 0. The van der Waals surface area contributed by atoms with Gasteiger partial charge < -0.3 is 14.2 Å². The molecule has 0 aliphatic heterocycles. The van der Waals surface area contributed by atoms with Gasteiger partial charge in [-0.3, -0.25) is 14.4 Å². The molecule has 0 aliphatic rings. The average Bonchev–Trinajstić information content (AvgIpc) is 3.49. The van der Waals surface area contributed by atoms with Gasteiger partial charge in [0.05, 0.1) is 0 Å². The zero-order valence-corrected chi connectivity index (χ0v) is 56.8. The summed E-state index contributed by atoms with van der Waals surface area (Å²) in [6.45, 7) is 6.72. The van der Waals surface area contributed by atoms with Crippen LogP contribution in [0.3, 0.4) is 0 Å². The fraction of sp³-hybridized carbons (Fsp3) is 0.935. The molecule has 492 valence electrons. The van der Waals surface area contributed by atoms with Crippen molar-refractivity contribution < 1.29 is 28.6 Å². The maximum Gasteiger partial charge on any atom is 0.306 e. The quantitative estimate of drug-likeness (QED) is 0.0261. The molecule has 0 amide bonds.